The van der Waals surface area contributed by atoms with Gasteiger partial charge in [0.2, 0.25) is 16.9 Å². The van der Waals surface area contributed by atoms with E-state index in [-0.39, 0.29) is 17.6 Å². The van der Waals surface area contributed by atoms with Gasteiger partial charge in [-0.15, -0.1) is 10.2 Å². The number of hydrogen-bond donors (Lipinski definition) is 2. The standard InChI is InChI=1S/C21H20N4O4S2/c1-29-19(28)15-8-10-16(11-9-15)22-18(27)13-30-21-25-24-20(31-21)23-17(26)12-7-14-5-3-2-4-6-14/h2-6,8-11H,7,12-13H2,1H3,(H,22,27)(H,23,24,26). The Morgan fingerprint density at radius 1 is 0.968 bits per heavy atom. The number of carbonyl (C=O) groups excluding carboxylic acids is 3. The van der Waals surface area contributed by atoms with Crippen LogP contribution in [0.4, 0.5) is 10.8 Å². The molecule has 8 nitrogen and oxygen atoms in total. The van der Waals surface area contributed by atoms with Gasteiger partial charge in [-0.1, -0.05) is 53.4 Å². The van der Waals surface area contributed by atoms with Crippen LogP contribution in [0.1, 0.15) is 22.3 Å². The first-order valence-corrected chi connectivity index (χ1v) is 11.1. The summed E-state index contributed by atoms with van der Waals surface area (Å²) in [5.41, 5.74) is 2.07. The van der Waals surface area contributed by atoms with Crippen molar-refractivity contribution >= 4 is 51.7 Å². The van der Waals surface area contributed by atoms with Crippen LogP contribution < -0.4 is 10.6 Å². The Hall–Kier alpha value is -3.24. The number of rotatable bonds is 9. The van der Waals surface area contributed by atoms with Gasteiger partial charge in [-0.05, 0) is 36.2 Å². The number of nitrogens with zero attached hydrogens (tertiary/aromatic N) is 2. The summed E-state index contributed by atoms with van der Waals surface area (Å²) in [7, 11) is 1.31. The Kier molecular flexibility index (Phi) is 8.13. The van der Waals surface area contributed by atoms with E-state index in [0.29, 0.717) is 33.6 Å². The van der Waals surface area contributed by atoms with Crippen molar-refractivity contribution in [1.29, 1.82) is 0 Å². The van der Waals surface area contributed by atoms with Crippen molar-refractivity contribution in [2.24, 2.45) is 0 Å². The summed E-state index contributed by atoms with van der Waals surface area (Å²) in [5.74, 6) is -0.660. The van der Waals surface area contributed by atoms with Gasteiger partial charge < -0.3 is 15.4 Å². The molecule has 0 radical (unpaired) electrons. The fourth-order valence-electron chi connectivity index (χ4n) is 2.53. The van der Waals surface area contributed by atoms with Crippen LogP contribution in [0, 0.1) is 0 Å². The SMILES string of the molecule is COC(=O)c1ccc(NC(=O)CSc2nnc(NC(=O)CCc3ccccc3)s2)cc1. The van der Waals surface area contributed by atoms with Gasteiger partial charge in [0.1, 0.15) is 0 Å². The predicted octanol–water partition coefficient (Wildman–Crippen LogP) is 3.63. The second-order valence-electron chi connectivity index (χ2n) is 6.31. The average molecular weight is 457 g/mol. The van der Waals surface area contributed by atoms with Gasteiger partial charge in [-0.3, -0.25) is 9.59 Å². The van der Waals surface area contributed by atoms with Crippen molar-refractivity contribution in [2.75, 3.05) is 23.5 Å². The number of carbonyl (C=O) groups is 3. The summed E-state index contributed by atoms with van der Waals surface area (Å²) in [5, 5.41) is 13.8. The average Bonchev–Trinajstić information content (AvgIpc) is 3.24. The molecule has 2 N–H and O–H groups in total. The van der Waals surface area contributed by atoms with Gasteiger partial charge in [0, 0.05) is 12.1 Å². The maximum Gasteiger partial charge on any atom is 0.337 e. The normalized spacial score (nSPS) is 10.4. The van der Waals surface area contributed by atoms with E-state index in [2.05, 4.69) is 25.6 Å². The number of benzene rings is 2. The molecule has 2 amide bonds. The van der Waals surface area contributed by atoms with Crippen LogP contribution >= 0.6 is 23.1 Å². The number of amides is 2. The molecule has 0 saturated heterocycles. The molecule has 3 aromatic rings. The van der Waals surface area contributed by atoms with Crippen LogP contribution in [0.2, 0.25) is 0 Å². The summed E-state index contributed by atoms with van der Waals surface area (Å²) in [4.78, 5) is 35.6. The Labute approximate surface area is 187 Å². The van der Waals surface area contributed by atoms with E-state index in [1.165, 1.54) is 30.2 Å². The van der Waals surface area contributed by atoms with E-state index in [1.54, 1.807) is 24.3 Å². The van der Waals surface area contributed by atoms with Gasteiger partial charge in [-0.25, -0.2) is 4.79 Å². The largest absolute Gasteiger partial charge is 0.465 e. The smallest absolute Gasteiger partial charge is 0.337 e. The number of anilines is 2. The van der Waals surface area contributed by atoms with Crippen LogP contribution in [0.5, 0.6) is 0 Å². The van der Waals surface area contributed by atoms with Gasteiger partial charge in [0.25, 0.3) is 0 Å². The number of methoxy groups -OCH3 is 1. The van der Waals surface area contributed by atoms with Gasteiger partial charge >= 0.3 is 5.97 Å². The molecule has 1 heterocycles. The first-order valence-electron chi connectivity index (χ1n) is 9.32. The lowest BCUT2D eigenvalue weighted by molar-refractivity contribution is -0.116. The van der Waals surface area contributed by atoms with E-state index in [4.69, 9.17) is 0 Å². The lowest BCUT2D eigenvalue weighted by Crippen LogP contribution is -2.14. The number of aromatic nitrogens is 2. The van der Waals surface area contributed by atoms with E-state index < -0.39 is 5.97 Å². The molecule has 0 aliphatic heterocycles. The van der Waals surface area contributed by atoms with Gasteiger partial charge in [0.15, 0.2) is 4.34 Å². The Bertz CT molecular complexity index is 1040. The van der Waals surface area contributed by atoms with Crippen LogP contribution in [0.25, 0.3) is 0 Å². The summed E-state index contributed by atoms with van der Waals surface area (Å²) >= 11 is 2.44. The molecule has 0 bridgehead atoms. The van der Waals surface area contributed by atoms with Crippen molar-refractivity contribution < 1.29 is 19.1 Å². The molecule has 0 fully saturated rings. The minimum Gasteiger partial charge on any atom is -0.465 e. The molecular weight excluding hydrogens is 436 g/mol. The first-order chi connectivity index (χ1) is 15.0. The van der Waals surface area contributed by atoms with E-state index >= 15 is 0 Å². The molecule has 10 heteroatoms. The van der Waals surface area contributed by atoms with E-state index in [9.17, 15) is 14.4 Å². The van der Waals surface area contributed by atoms with Crippen LogP contribution in [0.3, 0.4) is 0 Å². The van der Waals surface area contributed by atoms with Crippen LogP contribution in [-0.4, -0.2) is 40.8 Å². The molecular formula is C21H20N4O4S2. The van der Waals surface area contributed by atoms with E-state index in [1.807, 2.05) is 30.3 Å². The molecule has 0 spiro atoms. The Morgan fingerprint density at radius 2 is 1.71 bits per heavy atom. The number of aryl methyl sites for hydroxylation is 1. The monoisotopic (exact) mass is 456 g/mol. The topological polar surface area (TPSA) is 110 Å². The van der Waals surface area contributed by atoms with Crippen LogP contribution in [0.15, 0.2) is 58.9 Å². The summed E-state index contributed by atoms with van der Waals surface area (Å²) < 4.78 is 5.22. The Morgan fingerprint density at radius 3 is 2.42 bits per heavy atom. The molecule has 3 rings (SSSR count). The van der Waals surface area contributed by atoms with Gasteiger partial charge in [0.05, 0.1) is 18.4 Å². The second kappa shape index (κ2) is 11.2. The maximum atomic E-state index is 12.1. The lowest BCUT2D eigenvalue weighted by atomic mass is 10.1. The van der Waals surface area contributed by atoms with Crippen molar-refractivity contribution in [2.45, 2.75) is 17.2 Å². The third-order valence-corrected chi connectivity index (χ3v) is 6.02. The van der Waals surface area contributed by atoms with Crippen LogP contribution in [-0.2, 0) is 20.7 Å². The summed E-state index contributed by atoms with van der Waals surface area (Å²) in [6.45, 7) is 0. The maximum absolute atomic E-state index is 12.1. The minimum atomic E-state index is -0.437. The Balaban J connectivity index is 1.41. The zero-order chi connectivity index (χ0) is 22.1. The molecule has 0 saturated carbocycles. The summed E-state index contributed by atoms with van der Waals surface area (Å²) in [6, 6.07) is 16.2. The molecule has 31 heavy (non-hydrogen) atoms. The van der Waals surface area contributed by atoms with Crippen molar-refractivity contribution in [3.8, 4) is 0 Å². The molecule has 0 aliphatic rings. The highest BCUT2D eigenvalue weighted by atomic mass is 32.2. The highest BCUT2D eigenvalue weighted by Gasteiger charge is 2.11. The summed E-state index contributed by atoms with van der Waals surface area (Å²) in [6.07, 6.45) is 0.997. The molecule has 160 valence electrons. The van der Waals surface area contributed by atoms with Gasteiger partial charge in [-0.2, -0.15) is 0 Å². The fourth-order valence-corrected chi connectivity index (χ4v) is 4.10. The zero-order valence-electron chi connectivity index (χ0n) is 16.7. The fraction of sp³-hybridized carbons (Fsp3) is 0.190. The number of ether oxygens (including phenoxy) is 1. The lowest BCUT2D eigenvalue weighted by Gasteiger charge is -2.05. The van der Waals surface area contributed by atoms with Crippen molar-refractivity contribution in [3.63, 3.8) is 0 Å². The predicted molar refractivity (Wildman–Crippen MR) is 120 cm³/mol. The number of thioether (sulfide) groups is 1. The van der Waals surface area contributed by atoms with E-state index in [0.717, 1.165) is 5.56 Å². The molecule has 1 aromatic heterocycles. The zero-order valence-corrected chi connectivity index (χ0v) is 18.3. The molecule has 0 unspecified atom stereocenters. The first kappa shape index (κ1) is 22.4. The number of hydrogen-bond acceptors (Lipinski definition) is 8. The number of nitrogens with one attached hydrogen (secondary N) is 2. The third kappa shape index (κ3) is 7.19. The highest BCUT2D eigenvalue weighted by molar-refractivity contribution is 8.01. The van der Waals surface area contributed by atoms with Crippen molar-refractivity contribution in [1.82, 2.24) is 10.2 Å². The third-order valence-electron chi connectivity index (χ3n) is 4.05. The minimum absolute atomic E-state index is 0.134. The highest BCUT2D eigenvalue weighted by Crippen LogP contribution is 2.25. The number of esters is 1. The molecule has 0 aliphatic carbocycles. The van der Waals surface area contributed by atoms with Crippen molar-refractivity contribution in [3.05, 3.63) is 65.7 Å². The quantitative estimate of drug-likeness (QED) is 0.287. The second-order valence-corrected chi connectivity index (χ2v) is 8.51. The molecule has 0 atom stereocenters. The molecule has 2 aromatic carbocycles.